The third kappa shape index (κ3) is 6.19. The molecule has 0 bridgehead atoms. The highest BCUT2D eigenvalue weighted by molar-refractivity contribution is 7.99. The molecule has 0 N–H and O–H groups in total. The van der Waals surface area contributed by atoms with Crippen LogP contribution in [0.15, 0.2) is 53.4 Å². The van der Waals surface area contributed by atoms with Crippen molar-refractivity contribution in [2.24, 2.45) is 0 Å². The second-order valence-corrected chi connectivity index (χ2v) is 9.00. The number of likely N-dealkylation sites (N-methyl/N-ethyl adjacent to an activating group) is 1. The van der Waals surface area contributed by atoms with Gasteiger partial charge in [-0.05, 0) is 51.4 Å². The van der Waals surface area contributed by atoms with Gasteiger partial charge in [0.15, 0.2) is 5.13 Å². The van der Waals surface area contributed by atoms with Crippen LogP contribution in [0, 0.1) is 0 Å². The number of ether oxygens (including phenoxy) is 1. The normalized spacial score (nSPS) is 11.2. The molecule has 0 atom stereocenters. The zero-order chi connectivity index (χ0) is 20.6. The summed E-state index contributed by atoms with van der Waals surface area (Å²) >= 11 is 3.25. The Balaban J connectivity index is 1.73. The summed E-state index contributed by atoms with van der Waals surface area (Å²) < 4.78 is 6.63. The smallest absolute Gasteiger partial charge is 0.229 e. The Hall–Kier alpha value is -2.09. The van der Waals surface area contributed by atoms with Gasteiger partial charge in [0.05, 0.1) is 16.8 Å². The third-order valence-corrected chi connectivity index (χ3v) is 6.35. The van der Waals surface area contributed by atoms with Crippen LogP contribution in [-0.2, 0) is 4.79 Å². The summed E-state index contributed by atoms with van der Waals surface area (Å²) in [5.74, 6) is 1.70. The first-order chi connectivity index (χ1) is 14.1. The first-order valence-electron chi connectivity index (χ1n) is 9.73. The maximum atomic E-state index is 13.0. The lowest BCUT2D eigenvalue weighted by Gasteiger charge is -2.22. The number of carbonyl (C=O) groups excluding carboxylic acids is 1. The molecule has 154 valence electrons. The van der Waals surface area contributed by atoms with E-state index in [-0.39, 0.29) is 5.91 Å². The molecule has 2 aromatic carbocycles. The minimum atomic E-state index is 0.111. The lowest BCUT2D eigenvalue weighted by atomic mass is 10.3. The molecule has 0 unspecified atom stereocenters. The highest BCUT2D eigenvalue weighted by Gasteiger charge is 2.20. The summed E-state index contributed by atoms with van der Waals surface area (Å²) in [6.07, 6.45) is 0.479. The van der Waals surface area contributed by atoms with Gasteiger partial charge in [-0.2, -0.15) is 0 Å². The highest BCUT2D eigenvalue weighted by Crippen LogP contribution is 2.32. The molecular formula is C22H27N3O2S2. The van der Waals surface area contributed by atoms with Crippen LogP contribution in [0.4, 0.5) is 5.13 Å². The van der Waals surface area contributed by atoms with Gasteiger partial charge in [0.25, 0.3) is 0 Å². The first kappa shape index (κ1) is 21.6. The average molecular weight is 430 g/mol. The van der Waals surface area contributed by atoms with Crippen LogP contribution in [0.3, 0.4) is 0 Å². The van der Waals surface area contributed by atoms with Crippen molar-refractivity contribution in [3.05, 3.63) is 48.5 Å². The fourth-order valence-corrected chi connectivity index (χ4v) is 4.70. The van der Waals surface area contributed by atoms with Gasteiger partial charge in [-0.1, -0.05) is 29.5 Å². The Morgan fingerprint density at radius 3 is 2.66 bits per heavy atom. The van der Waals surface area contributed by atoms with Crippen LogP contribution in [0.5, 0.6) is 5.75 Å². The van der Waals surface area contributed by atoms with E-state index >= 15 is 0 Å². The van der Waals surface area contributed by atoms with Crippen molar-refractivity contribution >= 4 is 44.4 Å². The van der Waals surface area contributed by atoms with E-state index in [0.717, 1.165) is 33.4 Å². The molecule has 0 spiro atoms. The number of nitrogens with zero attached hydrogens (tertiary/aromatic N) is 3. The minimum Gasteiger partial charge on any atom is -0.494 e. The molecule has 0 aliphatic rings. The lowest BCUT2D eigenvalue weighted by molar-refractivity contribution is -0.118. The second-order valence-electron chi connectivity index (χ2n) is 6.82. The van der Waals surface area contributed by atoms with Crippen LogP contribution in [-0.4, -0.2) is 55.3 Å². The molecule has 0 fully saturated rings. The summed E-state index contributed by atoms with van der Waals surface area (Å²) in [6, 6.07) is 16.1. The second kappa shape index (κ2) is 10.6. The molecule has 0 saturated heterocycles. The number of hydrogen-bond donors (Lipinski definition) is 0. The molecule has 5 nitrogen and oxygen atoms in total. The zero-order valence-electron chi connectivity index (χ0n) is 17.1. The summed E-state index contributed by atoms with van der Waals surface area (Å²) in [5, 5.41) is 0.755. The third-order valence-electron chi connectivity index (χ3n) is 4.29. The van der Waals surface area contributed by atoms with Gasteiger partial charge < -0.3 is 9.64 Å². The molecule has 1 heterocycles. The van der Waals surface area contributed by atoms with E-state index in [9.17, 15) is 4.79 Å². The molecule has 0 saturated carbocycles. The highest BCUT2D eigenvalue weighted by atomic mass is 32.2. The summed E-state index contributed by atoms with van der Waals surface area (Å²) in [7, 11) is 4.03. The van der Waals surface area contributed by atoms with E-state index in [2.05, 4.69) is 17.0 Å². The SMILES string of the molecule is CCOc1ccc2nc(N(CCN(C)C)C(=O)CCSc3ccccc3)sc2c1. The molecule has 0 aliphatic carbocycles. The number of aromatic nitrogens is 1. The van der Waals surface area contributed by atoms with Gasteiger partial charge in [-0.15, -0.1) is 11.8 Å². The van der Waals surface area contributed by atoms with Gasteiger partial charge in [0.1, 0.15) is 5.75 Å². The van der Waals surface area contributed by atoms with Crippen molar-refractivity contribution < 1.29 is 9.53 Å². The van der Waals surface area contributed by atoms with Crippen molar-refractivity contribution in [3.8, 4) is 5.75 Å². The van der Waals surface area contributed by atoms with E-state index in [4.69, 9.17) is 9.72 Å². The van der Waals surface area contributed by atoms with Crippen molar-refractivity contribution in [1.82, 2.24) is 9.88 Å². The van der Waals surface area contributed by atoms with Crippen molar-refractivity contribution in [3.63, 3.8) is 0 Å². The number of anilines is 1. The molecule has 29 heavy (non-hydrogen) atoms. The van der Waals surface area contributed by atoms with Gasteiger partial charge >= 0.3 is 0 Å². The molecule has 3 rings (SSSR count). The van der Waals surface area contributed by atoms with E-state index in [1.54, 1.807) is 23.1 Å². The number of thioether (sulfide) groups is 1. The predicted molar refractivity (Wildman–Crippen MR) is 123 cm³/mol. The standard InChI is InChI=1S/C22H27N3O2S2/c1-4-27-17-10-11-19-20(16-17)29-22(23-19)25(14-13-24(2)3)21(26)12-15-28-18-8-6-5-7-9-18/h5-11,16H,4,12-15H2,1-3H3. The molecule has 0 aliphatic heterocycles. The Morgan fingerprint density at radius 2 is 1.93 bits per heavy atom. The number of carbonyl (C=O) groups is 1. The largest absolute Gasteiger partial charge is 0.494 e. The van der Waals surface area contributed by atoms with Crippen LogP contribution < -0.4 is 9.64 Å². The molecule has 1 aromatic heterocycles. The van der Waals surface area contributed by atoms with E-state index in [1.807, 2.05) is 62.3 Å². The number of fused-ring (bicyclic) bond motifs is 1. The van der Waals surface area contributed by atoms with E-state index in [1.165, 1.54) is 4.90 Å². The number of thiazole rings is 1. The Kier molecular flexibility index (Phi) is 7.91. The lowest BCUT2D eigenvalue weighted by Crippen LogP contribution is -2.36. The van der Waals surface area contributed by atoms with Crippen molar-refractivity contribution in [2.45, 2.75) is 18.2 Å². The van der Waals surface area contributed by atoms with Gasteiger partial charge in [-0.25, -0.2) is 4.98 Å². The number of rotatable bonds is 10. The van der Waals surface area contributed by atoms with E-state index < -0.39 is 0 Å². The van der Waals surface area contributed by atoms with Crippen LogP contribution in [0.1, 0.15) is 13.3 Å². The van der Waals surface area contributed by atoms with Crippen molar-refractivity contribution in [1.29, 1.82) is 0 Å². The van der Waals surface area contributed by atoms with E-state index in [0.29, 0.717) is 19.6 Å². The maximum absolute atomic E-state index is 13.0. The monoisotopic (exact) mass is 429 g/mol. The number of amides is 1. The summed E-state index contributed by atoms with van der Waals surface area (Å²) in [5.41, 5.74) is 0.898. The topological polar surface area (TPSA) is 45.7 Å². The molecule has 7 heteroatoms. The minimum absolute atomic E-state index is 0.111. The van der Waals surface area contributed by atoms with Crippen LogP contribution in [0.2, 0.25) is 0 Å². The van der Waals surface area contributed by atoms with Gasteiger partial charge in [-0.3, -0.25) is 9.69 Å². The Morgan fingerprint density at radius 1 is 1.14 bits per heavy atom. The van der Waals surface area contributed by atoms with Crippen molar-refractivity contribution in [2.75, 3.05) is 44.4 Å². The average Bonchev–Trinajstić information content (AvgIpc) is 3.12. The number of hydrogen-bond acceptors (Lipinski definition) is 6. The maximum Gasteiger partial charge on any atom is 0.229 e. The molecular weight excluding hydrogens is 402 g/mol. The number of benzene rings is 2. The summed E-state index contributed by atoms with van der Waals surface area (Å²) in [6.45, 7) is 4.01. The molecule has 1 amide bonds. The molecule has 0 radical (unpaired) electrons. The van der Waals surface area contributed by atoms with Gasteiger partial charge in [0.2, 0.25) is 5.91 Å². The quantitative estimate of drug-likeness (QED) is 0.434. The predicted octanol–water partition coefficient (Wildman–Crippen LogP) is 4.77. The summed E-state index contributed by atoms with van der Waals surface area (Å²) in [4.78, 5) is 22.8. The van der Waals surface area contributed by atoms with Crippen LogP contribution >= 0.6 is 23.1 Å². The first-order valence-corrected chi connectivity index (χ1v) is 11.5. The Labute approximate surface area is 180 Å². The zero-order valence-corrected chi connectivity index (χ0v) is 18.8. The van der Waals surface area contributed by atoms with Gasteiger partial charge in [0, 0.05) is 30.2 Å². The fourth-order valence-electron chi connectivity index (χ4n) is 2.80. The fraction of sp³-hybridized carbons (Fsp3) is 0.364. The van der Waals surface area contributed by atoms with Crippen LogP contribution in [0.25, 0.3) is 10.2 Å². The molecule has 3 aromatic rings. The Bertz CT molecular complexity index is 928.